The average molecular weight is 909 g/mol. The molecule has 0 bridgehead atoms. The number of unbranched alkanes of at least 4 members (excludes halogenated alkanes) is 1. The topological polar surface area (TPSA) is 260 Å². The number of aryl methyl sites for hydroxylation is 1. The fraction of sp³-hybridized carbons (Fsp3) is 0.543. The lowest BCUT2D eigenvalue weighted by Gasteiger charge is -2.27. The van der Waals surface area contributed by atoms with Gasteiger partial charge in [0.1, 0.15) is 12.1 Å². The fourth-order valence-electron chi connectivity index (χ4n) is 7.91. The Balaban J connectivity index is 1.39. The van der Waals surface area contributed by atoms with E-state index in [1.807, 2.05) is 32.0 Å². The molecule has 1 aliphatic rings. The van der Waals surface area contributed by atoms with Crippen molar-refractivity contribution >= 4 is 42.8 Å². The van der Waals surface area contributed by atoms with Gasteiger partial charge in [-0.1, -0.05) is 81.4 Å². The van der Waals surface area contributed by atoms with Gasteiger partial charge in [-0.05, 0) is 48.6 Å². The molecule has 18 heteroatoms. The highest BCUT2D eigenvalue weighted by molar-refractivity contribution is 7.52. The Hall–Kier alpha value is -5.06. The summed E-state index contributed by atoms with van der Waals surface area (Å²) in [4.78, 5) is 99.7. The molecular weight excluding hydrogens is 844 g/mol. The number of likely N-dealkylation sites (tertiary alicyclic amines) is 1. The number of imidazole rings is 1. The molecule has 17 nitrogen and oxygen atoms in total. The highest BCUT2D eigenvalue weighted by atomic mass is 31.2. The lowest BCUT2D eigenvalue weighted by atomic mass is 9.87. The molecule has 350 valence electrons. The van der Waals surface area contributed by atoms with Crippen molar-refractivity contribution in [3.05, 3.63) is 90.0 Å². The van der Waals surface area contributed by atoms with Crippen molar-refractivity contribution in [2.75, 3.05) is 25.9 Å². The molecule has 4 rings (SSSR count). The van der Waals surface area contributed by atoms with Gasteiger partial charge in [0.2, 0.25) is 23.6 Å². The van der Waals surface area contributed by atoms with Crippen LogP contribution in [0.1, 0.15) is 83.0 Å². The van der Waals surface area contributed by atoms with Crippen LogP contribution in [-0.2, 0) is 62.0 Å². The molecule has 64 heavy (non-hydrogen) atoms. The Morgan fingerprint density at radius 3 is 2.19 bits per heavy atom. The third-order valence-corrected chi connectivity index (χ3v) is 13.0. The molecule has 8 atom stereocenters. The molecule has 2 heterocycles. The number of carbonyl (C=O) groups excluding carboxylic acids is 6. The van der Waals surface area contributed by atoms with Crippen molar-refractivity contribution in [3.63, 3.8) is 0 Å². The quantitative estimate of drug-likeness (QED) is 0.0451. The van der Waals surface area contributed by atoms with E-state index >= 15 is 0 Å². The van der Waals surface area contributed by atoms with Gasteiger partial charge in [-0.2, -0.15) is 0 Å². The number of aliphatic hydroxyl groups is 1. The van der Waals surface area contributed by atoms with E-state index in [2.05, 4.69) is 32.7 Å². The lowest BCUT2D eigenvalue weighted by molar-refractivity contribution is -0.138. The molecule has 1 saturated heterocycles. The second kappa shape index (κ2) is 25.4. The number of aliphatic hydroxyl groups excluding tert-OH is 1. The summed E-state index contributed by atoms with van der Waals surface area (Å²) in [7, 11) is -4.24. The lowest BCUT2D eigenvalue weighted by Crippen LogP contribution is -2.52. The van der Waals surface area contributed by atoms with Crippen LogP contribution in [0.25, 0.3) is 0 Å². The number of benzene rings is 2. The number of amides is 4. The van der Waals surface area contributed by atoms with Crippen LogP contribution in [0.15, 0.2) is 73.2 Å². The second-order valence-electron chi connectivity index (χ2n) is 17.2. The number of Topliss-reactive ketones (excluding diaryl/α,β-unsaturated/α-hetero) is 2. The normalized spacial score (nSPS) is 18.3. The van der Waals surface area contributed by atoms with Crippen molar-refractivity contribution in [2.24, 2.45) is 29.4 Å². The molecule has 0 spiro atoms. The third kappa shape index (κ3) is 16.8. The number of primary amides is 1. The zero-order chi connectivity index (χ0) is 46.8. The zero-order valence-corrected chi connectivity index (χ0v) is 38.1. The van der Waals surface area contributed by atoms with Crippen LogP contribution in [0.2, 0.25) is 0 Å². The number of nitrogens with one attached hydrogen (secondary N) is 3. The van der Waals surface area contributed by atoms with E-state index in [1.165, 1.54) is 36.8 Å². The van der Waals surface area contributed by atoms with Crippen molar-refractivity contribution in [1.82, 2.24) is 25.5 Å². The van der Waals surface area contributed by atoms with Crippen molar-refractivity contribution in [3.8, 4) is 0 Å². The van der Waals surface area contributed by atoms with Crippen LogP contribution in [0.3, 0.4) is 0 Å². The molecule has 2 unspecified atom stereocenters. The number of aromatic nitrogens is 2. The molecule has 1 aromatic heterocycles. The van der Waals surface area contributed by atoms with E-state index in [9.17, 15) is 43.3 Å². The number of hydrogen-bond acceptors (Lipinski definition) is 11. The van der Waals surface area contributed by atoms with Gasteiger partial charge >= 0.3 is 7.60 Å². The number of H-pyrrole nitrogens is 1. The van der Waals surface area contributed by atoms with E-state index in [1.54, 1.807) is 30.3 Å². The first kappa shape index (κ1) is 51.6. The van der Waals surface area contributed by atoms with E-state index < -0.39 is 92.0 Å². The summed E-state index contributed by atoms with van der Waals surface area (Å²) in [6.45, 7) is 6.32. The van der Waals surface area contributed by atoms with E-state index in [4.69, 9.17) is 15.0 Å². The smallest absolute Gasteiger partial charge is 0.328 e. The van der Waals surface area contributed by atoms with Crippen LogP contribution in [0, 0.1) is 23.7 Å². The van der Waals surface area contributed by atoms with Crippen LogP contribution < -0.4 is 16.4 Å². The predicted molar refractivity (Wildman–Crippen MR) is 238 cm³/mol. The monoisotopic (exact) mass is 908 g/mol. The number of ketones is 2. The van der Waals surface area contributed by atoms with Crippen molar-refractivity contribution < 1.29 is 52.6 Å². The molecule has 0 saturated carbocycles. The minimum Gasteiger partial charge on any atom is -0.394 e. The third-order valence-electron chi connectivity index (χ3n) is 11.4. The summed E-state index contributed by atoms with van der Waals surface area (Å²) in [5.41, 5.74) is 8.05. The Morgan fingerprint density at radius 1 is 0.938 bits per heavy atom. The number of carbonyl (C=O) groups is 6. The summed E-state index contributed by atoms with van der Waals surface area (Å²) in [5, 5.41) is 15.7. The summed E-state index contributed by atoms with van der Waals surface area (Å²) >= 11 is 0. The van der Waals surface area contributed by atoms with Gasteiger partial charge < -0.3 is 45.5 Å². The second-order valence-corrected chi connectivity index (χ2v) is 19.1. The van der Waals surface area contributed by atoms with Crippen LogP contribution in [0.5, 0.6) is 0 Å². The van der Waals surface area contributed by atoms with Gasteiger partial charge in [0.15, 0.2) is 11.6 Å². The molecule has 1 fully saturated rings. The Morgan fingerprint density at radius 2 is 1.59 bits per heavy atom. The Kier molecular flexibility index (Phi) is 20.5. The van der Waals surface area contributed by atoms with Crippen LogP contribution >= 0.6 is 7.60 Å². The van der Waals surface area contributed by atoms with Crippen LogP contribution in [-0.4, -0.2) is 110 Å². The fourth-order valence-corrected chi connectivity index (χ4v) is 9.35. The van der Waals surface area contributed by atoms with Gasteiger partial charge in [-0.25, -0.2) is 4.98 Å². The van der Waals surface area contributed by atoms with Gasteiger partial charge in [0, 0.05) is 63.6 Å². The molecule has 0 radical (unpaired) electrons. The molecule has 7 N–H and O–H groups in total. The molecule has 2 aromatic carbocycles. The molecule has 0 aliphatic carbocycles. The summed E-state index contributed by atoms with van der Waals surface area (Å²) in [6.07, 6.45) is 4.20. The standard InChI is InChI=1S/C46H65N6O11P/c1-30(2)19-39(50-46(59)41-22-37(25-52(41)32(4)54)62-18-12-11-15-33-13-7-5-8-14-33)42(55)21-35(20-36-24-48-29-49-36)45(58)51-40(26-53)43(56)23-38(44(47)57)31(3)28-64(60,61)63-27-34-16-9-6-10-17-34/h5-10,13-14,16-17,24,29-31,35,37-41,53H,11-12,15,18-23,25-28H2,1-4H3,(H2,47,57)(H,48,49)(H,50,59)(H,51,58)(H,60,61)/t31-,35+,37?,38-,39-,40-,41-/m0/s1. The van der Waals surface area contributed by atoms with Gasteiger partial charge in [0.05, 0.1) is 43.8 Å². The average Bonchev–Trinajstić information content (AvgIpc) is 3.94. The highest BCUT2D eigenvalue weighted by Gasteiger charge is 2.41. The first-order valence-electron chi connectivity index (χ1n) is 21.9. The SMILES string of the molecule is CC(=O)N1CC(OCCCCc2ccccc2)C[C@H]1C(=O)N[C@@H](CC(C)C)C(=O)C[C@@H](Cc1cnc[nH]1)C(=O)N[C@@H](CO)C(=O)C[C@H](C(N)=O)[C@@H](C)CP(=O)(O)OCc1ccccc1. The molecule has 3 aromatic rings. The van der Waals surface area contributed by atoms with Crippen LogP contribution in [0.4, 0.5) is 0 Å². The molecule has 1 aliphatic heterocycles. The van der Waals surface area contributed by atoms with Crippen molar-refractivity contribution in [1.29, 1.82) is 0 Å². The largest absolute Gasteiger partial charge is 0.394 e. The molecule has 4 amide bonds. The maximum Gasteiger partial charge on any atom is 0.328 e. The van der Waals surface area contributed by atoms with E-state index in [0.717, 1.165) is 19.3 Å². The number of aromatic amines is 1. The van der Waals surface area contributed by atoms with Gasteiger partial charge in [-0.15, -0.1) is 0 Å². The summed E-state index contributed by atoms with van der Waals surface area (Å²) in [6, 6.07) is 15.4. The van der Waals surface area contributed by atoms with E-state index in [0.29, 0.717) is 17.9 Å². The maximum absolute atomic E-state index is 14.1. The maximum atomic E-state index is 14.1. The minimum atomic E-state index is -4.24. The van der Waals surface area contributed by atoms with E-state index in [-0.39, 0.29) is 56.8 Å². The number of nitrogens with zero attached hydrogens (tertiary/aromatic N) is 2. The number of nitrogens with two attached hydrogens (primary N) is 1. The number of ether oxygens (including phenoxy) is 1. The summed E-state index contributed by atoms with van der Waals surface area (Å²) in [5.74, 6) is -7.02. The Labute approximate surface area is 375 Å². The van der Waals surface area contributed by atoms with Gasteiger partial charge in [-0.3, -0.25) is 33.3 Å². The van der Waals surface area contributed by atoms with Gasteiger partial charge in [0.25, 0.3) is 0 Å². The Bertz CT molecular complexity index is 2020. The molecular formula is C46H65N6O11P. The highest BCUT2D eigenvalue weighted by Crippen LogP contribution is 2.46. The first-order chi connectivity index (χ1) is 30.5. The van der Waals surface area contributed by atoms with Crippen molar-refractivity contribution in [2.45, 2.75) is 110 Å². The predicted octanol–water partition coefficient (Wildman–Crippen LogP) is 3.66. The first-order valence-corrected chi connectivity index (χ1v) is 23.7. The number of hydrogen-bond donors (Lipinski definition) is 6. The summed E-state index contributed by atoms with van der Waals surface area (Å²) < 4.78 is 24.3. The zero-order valence-electron chi connectivity index (χ0n) is 37.2. The minimum absolute atomic E-state index is 0.0208. The number of rotatable bonds is 28.